The van der Waals surface area contributed by atoms with Gasteiger partial charge in [-0.15, -0.1) is 0 Å². The first kappa shape index (κ1) is 12.3. The van der Waals surface area contributed by atoms with Crippen LogP contribution in [0, 0.1) is 6.92 Å². The fourth-order valence-corrected chi connectivity index (χ4v) is 1.80. The van der Waals surface area contributed by atoms with Crippen LogP contribution in [0.5, 0.6) is 5.75 Å². The van der Waals surface area contributed by atoms with Gasteiger partial charge in [-0.25, -0.2) is 0 Å². The Kier molecular flexibility index (Phi) is 3.16. The first-order valence-electron chi connectivity index (χ1n) is 5.08. The highest BCUT2D eigenvalue weighted by Gasteiger charge is 2.10. The van der Waals surface area contributed by atoms with Crippen LogP contribution in [0.15, 0.2) is 29.1 Å². The second-order valence-corrected chi connectivity index (χ2v) is 4.15. The van der Waals surface area contributed by atoms with Crippen LogP contribution in [0.2, 0.25) is 5.02 Å². The van der Waals surface area contributed by atoms with Crippen LogP contribution < -0.4 is 5.56 Å². The van der Waals surface area contributed by atoms with Crippen LogP contribution in [0.3, 0.4) is 0 Å². The maximum Gasteiger partial charge on any atom is 0.275 e. The Morgan fingerprint density at radius 3 is 2.72 bits per heavy atom. The molecule has 0 fully saturated rings. The number of hydrogen-bond donors (Lipinski definition) is 1. The fourth-order valence-electron chi connectivity index (χ4n) is 1.57. The molecule has 0 aliphatic carbocycles. The lowest BCUT2D eigenvalue weighted by Gasteiger charge is -2.09. The summed E-state index contributed by atoms with van der Waals surface area (Å²) in [5, 5.41) is 13.7. The van der Waals surface area contributed by atoms with Crippen molar-refractivity contribution in [3.8, 4) is 11.4 Å². The first-order chi connectivity index (χ1) is 8.52. The highest BCUT2D eigenvalue weighted by molar-refractivity contribution is 6.30. The number of benzene rings is 1. The quantitative estimate of drug-likeness (QED) is 0.838. The van der Waals surface area contributed by atoms with E-state index in [1.54, 1.807) is 25.1 Å². The van der Waals surface area contributed by atoms with Crippen molar-refractivity contribution in [2.24, 2.45) is 0 Å². The maximum atomic E-state index is 11.7. The molecule has 1 aromatic carbocycles. The molecule has 0 radical (unpaired) electrons. The number of carbonyl (C=O) groups is 1. The van der Waals surface area contributed by atoms with Crippen LogP contribution in [0.1, 0.15) is 16.1 Å². The predicted octanol–water partition coefficient (Wildman–Crippen LogP) is 1.71. The zero-order valence-electron chi connectivity index (χ0n) is 9.42. The molecule has 1 heterocycles. The van der Waals surface area contributed by atoms with Crippen molar-refractivity contribution in [2.45, 2.75) is 6.92 Å². The van der Waals surface area contributed by atoms with Crippen LogP contribution in [0.4, 0.5) is 0 Å². The van der Waals surface area contributed by atoms with E-state index in [0.717, 1.165) is 16.3 Å². The Labute approximate surface area is 107 Å². The largest absolute Gasteiger partial charge is 0.505 e. The highest BCUT2D eigenvalue weighted by Crippen LogP contribution is 2.18. The first-order valence-corrected chi connectivity index (χ1v) is 5.46. The molecular formula is C12H9ClN2O3. The van der Waals surface area contributed by atoms with E-state index in [-0.39, 0.29) is 5.69 Å². The Balaban J connectivity index is 2.71. The summed E-state index contributed by atoms with van der Waals surface area (Å²) in [6, 6.07) is 5.87. The molecule has 0 atom stereocenters. The van der Waals surface area contributed by atoms with Gasteiger partial charge in [0.05, 0.1) is 5.69 Å². The summed E-state index contributed by atoms with van der Waals surface area (Å²) >= 11 is 5.82. The van der Waals surface area contributed by atoms with Crippen LogP contribution in [0.25, 0.3) is 5.69 Å². The lowest BCUT2D eigenvalue weighted by molar-refractivity contribution is 0.111. The van der Waals surface area contributed by atoms with Crippen molar-refractivity contribution >= 4 is 17.9 Å². The number of carbonyl (C=O) groups excluding carboxylic acids is 1. The van der Waals surface area contributed by atoms with Crippen molar-refractivity contribution in [2.75, 3.05) is 0 Å². The highest BCUT2D eigenvalue weighted by atomic mass is 35.5. The molecule has 18 heavy (non-hydrogen) atoms. The molecule has 92 valence electrons. The number of aromatic hydroxyl groups is 1. The van der Waals surface area contributed by atoms with Gasteiger partial charge in [0, 0.05) is 11.1 Å². The van der Waals surface area contributed by atoms with Gasteiger partial charge in [0.15, 0.2) is 17.7 Å². The lowest BCUT2D eigenvalue weighted by atomic mass is 10.2. The van der Waals surface area contributed by atoms with E-state index in [0.29, 0.717) is 17.0 Å². The van der Waals surface area contributed by atoms with E-state index in [1.165, 1.54) is 0 Å². The molecule has 1 aromatic heterocycles. The molecule has 1 N–H and O–H groups in total. The Bertz CT molecular complexity index is 680. The molecule has 0 bridgehead atoms. The van der Waals surface area contributed by atoms with Crippen LogP contribution in [-0.4, -0.2) is 21.2 Å². The van der Waals surface area contributed by atoms with Gasteiger partial charge < -0.3 is 5.11 Å². The lowest BCUT2D eigenvalue weighted by Crippen LogP contribution is -2.22. The van der Waals surface area contributed by atoms with E-state index in [9.17, 15) is 14.7 Å². The van der Waals surface area contributed by atoms with E-state index in [4.69, 9.17) is 11.6 Å². The van der Waals surface area contributed by atoms with Gasteiger partial charge in [-0.1, -0.05) is 11.6 Å². The minimum Gasteiger partial charge on any atom is -0.505 e. The summed E-state index contributed by atoms with van der Waals surface area (Å²) in [5.74, 6) is -0.433. The topological polar surface area (TPSA) is 72.2 Å². The second-order valence-electron chi connectivity index (χ2n) is 3.71. The summed E-state index contributed by atoms with van der Waals surface area (Å²) in [6.07, 6.45) is 0.385. The van der Waals surface area contributed by atoms with Crippen LogP contribution in [-0.2, 0) is 0 Å². The number of aryl methyl sites for hydroxylation is 1. The smallest absolute Gasteiger partial charge is 0.275 e. The summed E-state index contributed by atoms with van der Waals surface area (Å²) < 4.78 is 1.05. The number of aldehydes is 1. The third-order valence-corrected chi connectivity index (χ3v) is 2.67. The van der Waals surface area contributed by atoms with Gasteiger partial charge in [-0.05, 0) is 30.7 Å². The third-order valence-electron chi connectivity index (χ3n) is 2.44. The van der Waals surface area contributed by atoms with Gasteiger partial charge in [0.1, 0.15) is 0 Å². The minimum absolute atomic E-state index is 0.191. The number of halogens is 1. The van der Waals surface area contributed by atoms with Crippen molar-refractivity contribution in [1.82, 2.24) is 9.78 Å². The zero-order chi connectivity index (χ0) is 13.3. The monoisotopic (exact) mass is 264 g/mol. The van der Waals surface area contributed by atoms with Crippen molar-refractivity contribution in [3.05, 3.63) is 50.9 Å². The van der Waals surface area contributed by atoms with E-state index >= 15 is 0 Å². The van der Waals surface area contributed by atoms with Gasteiger partial charge in [-0.2, -0.15) is 9.78 Å². The molecular weight excluding hydrogens is 256 g/mol. The molecule has 2 rings (SSSR count). The van der Waals surface area contributed by atoms with Gasteiger partial charge in [-0.3, -0.25) is 9.59 Å². The average molecular weight is 265 g/mol. The van der Waals surface area contributed by atoms with E-state index in [2.05, 4.69) is 5.10 Å². The van der Waals surface area contributed by atoms with Gasteiger partial charge >= 0.3 is 0 Å². The summed E-state index contributed by atoms with van der Waals surface area (Å²) in [7, 11) is 0. The number of nitrogens with zero attached hydrogens (tertiary/aromatic N) is 2. The van der Waals surface area contributed by atoms with Gasteiger partial charge in [0.2, 0.25) is 0 Å². The van der Waals surface area contributed by atoms with Gasteiger partial charge in [0.25, 0.3) is 5.56 Å². The normalized spacial score (nSPS) is 10.3. The zero-order valence-corrected chi connectivity index (χ0v) is 10.2. The molecule has 0 aliphatic rings. The fraction of sp³-hybridized carbons (Fsp3) is 0.0833. The van der Waals surface area contributed by atoms with Crippen molar-refractivity contribution in [3.63, 3.8) is 0 Å². The van der Waals surface area contributed by atoms with Crippen LogP contribution >= 0.6 is 11.6 Å². The maximum absolute atomic E-state index is 11.7. The molecule has 6 heteroatoms. The average Bonchev–Trinajstić information content (AvgIpc) is 2.30. The molecule has 0 unspecified atom stereocenters. The van der Waals surface area contributed by atoms with Crippen molar-refractivity contribution in [1.29, 1.82) is 0 Å². The van der Waals surface area contributed by atoms with E-state index < -0.39 is 11.3 Å². The molecule has 0 saturated carbocycles. The molecule has 0 aliphatic heterocycles. The summed E-state index contributed by atoms with van der Waals surface area (Å²) in [5.41, 5.74) is 0.527. The molecule has 0 saturated heterocycles. The number of aromatic nitrogens is 2. The van der Waals surface area contributed by atoms with E-state index in [1.807, 2.05) is 0 Å². The SMILES string of the molecule is Cc1cc(Cl)ccc1-n1nc(C=O)c(O)cc1=O. The Hall–Kier alpha value is -2.14. The molecule has 2 aromatic rings. The molecule has 5 nitrogen and oxygen atoms in total. The Morgan fingerprint density at radius 1 is 1.39 bits per heavy atom. The molecule has 0 amide bonds. The Morgan fingerprint density at radius 2 is 2.11 bits per heavy atom. The third kappa shape index (κ3) is 2.12. The molecule has 0 spiro atoms. The summed E-state index contributed by atoms with van der Waals surface area (Å²) in [4.78, 5) is 22.4. The van der Waals surface area contributed by atoms with Crippen molar-refractivity contribution < 1.29 is 9.90 Å². The minimum atomic E-state index is -0.525. The summed E-state index contributed by atoms with van der Waals surface area (Å²) in [6.45, 7) is 1.77. The number of hydrogen-bond acceptors (Lipinski definition) is 4. The second kappa shape index (κ2) is 4.62. The standard InChI is InChI=1S/C12H9ClN2O3/c1-7-4-8(13)2-3-10(7)15-12(18)5-11(17)9(6-16)14-15/h2-6,17H,1H3. The number of rotatable bonds is 2. The predicted molar refractivity (Wildman–Crippen MR) is 66.6 cm³/mol.